The van der Waals surface area contributed by atoms with Crippen LogP contribution in [0.4, 0.5) is 0 Å². The number of hydrogen-bond acceptors (Lipinski definition) is 4. The SMILES string of the molecule is COc1ccc(C(C)NC2CCCC2SC)c(OC)c1. The van der Waals surface area contributed by atoms with E-state index in [4.69, 9.17) is 9.47 Å². The number of rotatable bonds is 6. The van der Waals surface area contributed by atoms with Crippen molar-refractivity contribution in [2.45, 2.75) is 43.5 Å². The van der Waals surface area contributed by atoms with Crippen molar-refractivity contribution in [2.24, 2.45) is 0 Å². The van der Waals surface area contributed by atoms with Crippen LogP contribution >= 0.6 is 11.8 Å². The average Bonchev–Trinajstić information content (AvgIpc) is 2.93. The van der Waals surface area contributed by atoms with Crippen LogP contribution in [0.25, 0.3) is 0 Å². The number of hydrogen-bond donors (Lipinski definition) is 1. The zero-order valence-corrected chi connectivity index (χ0v) is 13.6. The molecule has 0 bridgehead atoms. The third kappa shape index (κ3) is 3.41. The van der Waals surface area contributed by atoms with Gasteiger partial charge in [0.15, 0.2) is 0 Å². The number of benzene rings is 1. The number of methoxy groups -OCH3 is 2. The van der Waals surface area contributed by atoms with Gasteiger partial charge in [-0.05, 0) is 32.1 Å². The van der Waals surface area contributed by atoms with Gasteiger partial charge in [-0.25, -0.2) is 0 Å². The van der Waals surface area contributed by atoms with Gasteiger partial charge in [0, 0.05) is 29.0 Å². The molecule has 20 heavy (non-hydrogen) atoms. The van der Waals surface area contributed by atoms with E-state index in [1.807, 2.05) is 23.9 Å². The summed E-state index contributed by atoms with van der Waals surface area (Å²) in [6.07, 6.45) is 6.14. The summed E-state index contributed by atoms with van der Waals surface area (Å²) in [7, 11) is 3.39. The Hall–Kier alpha value is -0.870. The molecule has 112 valence electrons. The minimum Gasteiger partial charge on any atom is -0.497 e. The van der Waals surface area contributed by atoms with Gasteiger partial charge in [0.25, 0.3) is 0 Å². The molecule has 3 atom stereocenters. The first-order chi connectivity index (χ1) is 9.69. The quantitative estimate of drug-likeness (QED) is 0.868. The third-order valence-corrected chi connectivity index (χ3v) is 5.30. The summed E-state index contributed by atoms with van der Waals surface area (Å²) in [6.45, 7) is 2.21. The highest BCUT2D eigenvalue weighted by Crippen LogP contribution is 2.33. The lowest BCUT2D eigenvalue weighted by Crippen LogP contribution is -2.36. The number of thioether (sulfide) groups is 1. The van der Waals surface area contributed by atoms with E-state index in [1.165, 1.54) is 24.8 Å². The molecule has 1 N–H and O–H groups in total. The largest absolute Gasteiger partial charge is 0.497 e. The molecule has 1 saturated carbocycles. The van der Waals surface area contributed by atoms with E-state index >= 15 is 0 Å². The Balaban J connectivity index is 2.10. The molecule has 3 unspecified atom stereocenters. The highest BCUT2D eigenvalue weighted by atomic mass is 32.2. The minimum atomic E-state index is 0.286. The van der Waals surface area contributed by atoms with Gasteiger partial charge in [-0.1, -0.05) is 12.5 Å². The van der Waals surface area contributed by atoms with Crippen LogP contribution < -0.4 is 14.8 Å². The van der Waals surface area contributed by atoms with Crippen molar-refractivity contribution in [1.29, 1.82) is 0 Å². The fourth-order valence-corrected chi connectivity index (χ4v) is 3.93. The Labute approximate surface area is 126 Å². The second-order valence-corrected chi connectivity index (χ2v) is 6.38. The summed E-state index contributed by atoms with van der Waals surface area (Å²) in [4.78, 5) is 0. The molecule has 0 amide bonds. The molecule has 4 heteroatoms. The molecule has 0 aliphatic heterocycles. The van der Waals surface area contributed by atoms with Crippen LogP contribution in [0.5, 0.6) is 11.5 Å². The first-order valence-corrected chi connectivity index (χ1v) is 8.49. The van der Waals surface area contributed by atoms with Gasteiger partial charge in [-0.3, -0.25) is 0 Å². The average molecular weight is 295 g/mol. The summed E-state index contributed by atoms with van der Waals surface area (Å²) >= 11 is 1.98. The topological polar surface area (TPSA) is 30.5 Å². The second-order valence-electron chi connectivity index (χ2n) is 5.31. The lowest BCUT2D eigenvalue weighted by atomic mass is 10.1. The maximum absolute atomic E-state index is 5.50. The summed E-state index contributed by atoms with van der Waals surface area (Å²) in [5.74, 6) is 1.73. The normalized spacial score (nSPS) is 23.6. The zero-order chi connectivity index (χ0) is 14.5. The van der Waals surface area contributed by atoms with Crippen molar-refractivity contribution < 1.29 is 9.47 Å². The van der Waals surface area contributed by atoms with Crippen LogP contribution in [-0.4, -0.2) is 31.8 Å². The fraction of sp³-hybridized carbons (Fsp3) is 0.625. The molecule has 1 aromatic rings. The van der Waals surface area contributed by atoms with Gasteiger partial charge in [0.2, 0.25) is 0 Å². The Morgan fingerprint density at radius 2 is 2.05 bits per heavy atom. The van der Waals surface area contributed by atoms with Gasteiger partial charge in [-0.2, -0.15) is 11.8 Å². The summed E-state index contributed by atoms with van der Waals surface area (Å²) in [6, 6.07) is 6.93. The second kappa shape index (κ2) is 7.23. The van der Waals surface area contributed by atoms with Gasteiger partial charge >= 0.3 is 0 Å². The number of ether oxygens (including phenoxy) is 2. The van der Waals surface area contributed by atoms with Crippen molar-refractivity contribution >= 4 is 11.8 Å². The van der Waals surface area contributed by atoms with Gasteiger partial charge in [0.05, 0.1) is 14.2 Å². The monoisotopic (exact) mass is 295 g/mol. The summed E-state index contributed by atoms with van der Waals surface area (Å²) < 4.78 is 10.8. The molecule has 1 aliphatic carbocycles. The van der Waals surface area contributed by atoms with Crippen LogP contribution in [0.1, 0.15) is 37.8 Å². The van der Waals surface area contributed by atoms with E-state index in [0.29, 0.717) is 6.04 Å². The predicted octanol–water partition coefficient (Wildman–Crippen LogP) is 3.64. The van der Waals surface area contributed by atoms with Crippen molar-refractivity contribution in [2.75, 3.05) is 20.5 Å². The van der Waals surface area contributed by atoms with Crippen LogP contribution in [0.3, 0.4) is 0 Å². The van der Waals surface area contributed by atoms with E-state index in [-0.39, 0.29) is 6.04 Å². The fourth-order valence-electron chi connectivity index (χ4n) is 2.99. The zero-order valence-electron chi connectivity index (χ0n) is 12.8. The molecular formula is C16H25NO2S. The highest BCUT2D eigenvalue weighted by molar-refractivity contribution is 7.99. The molecule has 0 heterocycles. The van der Waals surface area contributed by atoms with Gasteiger partial charge in [0.1, 0.15) is 11.5 Å². The first-order valence-electron chi connectivity index (χ1n) is 7.20. The van der Waals surface area contributed by atoms with Gasteiger partial charge < -0.3 is 14.8 Å². The van der Waals surface area contributed by atoms with Crippen molar-refractivity contribution in [3.05, 3.63) is 23.8 Å². The lowest BCUT2D eigenvalue weighted by molar-refractivity contribution is 0.381. The molecule has 0 aromatic heterocycles. The van der Waals surface area contributed by atoms with Crippen LogP contribution in [-0.2, 0) is 0 Å². The van der Waals surface area contributed by atoms with Gasteiger partial charge in [-0.15, -0.1) is 0 Å². The lowest BCUT2D eigenvalue weighted by Gasteiger charge is -2.25. The van der Waals surface area contributed by atoms with Crippen molar-refractivity contribution in [3.8, 4) is 11.5 Å². The Morgan fingerprint density at radius 3 is 2.70 bits per heavy atom. The summed E-state index contributed by atoms with van der Waals surface area (Å²) in [5.41, 5.74) is 1.19. The maximum Gasteiger partial charge on any atom is 0.127 e. The van der Waals surface area contributed by atoms with E-state index in [0.717, 1.165) is 16.7 Å². The molecule has 1 aliphatic rings. The predicted molar refractivity (Wildman–Crippen MR) is 86.0 cm³/mol. The van der Waals surface area contributed by atoms with Crippen molar-refractivity contribution in [3.63, 3.8) is 0 Å². The maximum atomic E-state index is 5.50. The van der Waals surface area contributed by atoms with E-state index in [1.54, 1.807) is 14.2 Å². The molecule has 0 spiro atoms. The van der Waals surface area contributed by atoms with E-state index < -0.39 is 0 Å². The Kier molecular flexibility index (Phi) is 5.61. The minimum absolute atomic E-state index is 0.286. The Morgan fingerprint density at radius 1 is 1.25 bits per heavy atom. The van der Waals surface area contributed by atoms with Crippen LogP contribution in [0.15, 0.2) is 18.2 Å². The molecule has 1 fully saturated rings. The third-order valence-electron chi connectivity index (χ3n) is 4.13. The molecule has 3 nitrogen and oxygen atoms in total. The van der Waals surface area contributed by atoms with Crippen LogP contribution in [0, 0.1) is 0 Å². The molecule has 0 radical (unpaired) electrons. The van der Waals surface area contributed by atoms with Crippen molar-refractivity contribution in [1.82, 2.24) is 5.32 Å². The highest BCUT2D eigenvalue weighted by Gasteiger charge is 2.28. The van der Waals surface area contributed by atoms with E-state index in [9.17, 15) is 0 Å². The Bertz CT molecular complexity index is 438. The standard InChI is InChI=1S/C16H25NO2S/c1-11(17-14-6-5-7-16(14)20-4)13-9-8-12(18-2)10-15(13)19-3/h8-11,14,16-17H,5-7H2,1-4H3. The smallest absolute Gasteiger partial charge is 0.127 e. The number of nitrogens with one attached hydrogen (secondary N) is 1. The molecule has 1 aromatic carbocycles. The van der Waals surface area contributed by atoms with Crippen LogP contribution in [0.2, 0.25) is 0 Å². The summed E-state index contributed by atoms with van der Waals surface area (Å²) in [5, 5.41) is 4.50. The van der Waals surface area contributed by atoms with E-state index in [2.05, 4.69) is 24.6 Å². The molecular weight excluding hydrogens is 270 g/mol. The molecule has 0 saturated heterocycles. The first kappa shape index (κ1) is 15.5. The molecule has 2 rings (SSSR count).